The third-order valence-electron chi connectivity index (χ3n) is 3.99. The Morgan fingerprint density at radius 1 is 1.44 bits per heavy atom. The second-order valence-electron chi connectivity index (χ2n) is 6.26. The molecule has 2 N–H and O–H groups in total. The van der Waals surface area contributed by atoms with Gasteiger partial charge in [-0.25, -0.2) is 0 Å². The first-order chi connectivity index (χ1) is 7.88. The van der Waals surface area contributed by atoms with E-state index in [0.29, 0.717) is 11.3 Å². The standard InChI is InChI=1S/C14H28N2O.ClH/c1-5-14(4)7-6-8-16(10-14)13(17)12(15)9-11(2)3;/h11-12H,5-10,15H2,1-4H3;1H/t12-,14?;/m0./s1. The molecule has 1 heterocycles. The van der Waals surface area contributed by atoms with Crippen LogP contribution in [0.3, 0.4) is 0 Å². The third-order valence-corrected chi connectivity index (χ3v) is 3.99. The first-order valence-corrected chi connectivity index (χ1v) is 6.92. The zero-order valence-corrected chi connectivity index (χ0v) is 13.1. The van der Waals surface area contributed by atoms with E-state index >= 15 is 0 Å². The Bertz CT molecular complexity index is 271. The summed E-state index contributed by atoms with van der Waals surface area (Å²) in [6.45, 7) is 10.5. The van der Waals surface area contributed by atoms with Gasteiger partial charge in [-0.1, -0.05) is 27.7 Å². The van der Waals surface area contributed by atoms with E-state index in [9.17, 15) is 4.79 Å². The highest BCUT2D eigenvalue weighted by atomic mass is 35.5. The number of hydrogen-bond acceptors (Lipinski definition) is 2. The molecule has 1 unspecified atom stereocenters. The lowest BCUT2D eigenvalue weighted by atomic mass is 9.79. The molecular formula is C14H29ClN2O. The van der Waals surface area contributed by atoms with Gasteiger partial charge in [-0.15, -0.1) is 12.4 Å². The molecule has 0 radical (unpaired) electrons. The van der Waals surface area contributed by atoms with Gasteiger partial charge in [0.05, 0.1) is 6.04 Å². The second-order valence-corrected chi connectivity index (χ2v) is 6.26. The van der Waals surface area contributed by atoms with Crippen LogP contribution in [0.2, 0.25) is 0 Å². The largest absolute Gasteiger partial charge is 0.341 e. The highest BCUT2D eigenvalue weighted by Gasteiger charge is 2.33. The number of carbonyl (C=O) groups is 1. The van der Waals surface area contributed by atoms with E-state index in [2.05, 4.69) is 27.7 Å². The van der Waals surface area contributed by atoms with Crippen molar-refractivity contribution in [1.82, 2.24) is 4.90 Å². The van der Waals surface area contributed by atoms with Crippen LogP contribution in [-0.2, 0) is 4.79 Å². The van der Waals surface area contributed by atoms with Crippen LogP contribution in [0.1, 0.15) is 53.4 Å². The Kier molecular flexibility index (Phi) is 7.23. The quantitative estimate of drug-likeness (QED) is 0.858. The van der Waals surface area contributed by atoms with E-state index in [4.69, 9.17) is 5.73 Å². The van der Waals surface area contributed by atoms with Gasteiger partial charge in [0.2, 0.25) is 5.91 Å². The van der Waals surface area contributed by atoms with Gasteiger partial charge in [0.15, 0.2) is 0 Å². The first-order valence-electron chi connectivity index (χ1n) is 6.92. The topological polar surface area (TPSA) is 46.3 Å². The van der Waals surface area contributed by atoms with Gasteiger partial charge in [0.25, 0.3) is 0 Å². The minimum atomic E-state index is -0.311. The van der Waals surface area contributed by atoms with Crippen LogP contribution in [0.4, 0.5) is 0 Å². The van der Waals surface area contributed by atoms with Crippen LogP contribution in [0, 0.1) is 11.3 Å². The first kappa shape index (κ1) is 17.7. The molecule has 2 atom stereocenters. The normalized spacial score (nSPS) is 25.8. The van der Waals surface area contributed by atoms with E-state index in [1.807, 2.05) is 4.90 Å². The fourth-order valence-electron chi connectivity index (χ4n) is 2.64. The lowest BCUT2D eigenvalue weighted by molar-refractivity contribution is -0.136. The Morgan fingerprint density at radius 2 is 2.06 bits per heavy atom. The molecule has 0 saturated carbocycles. The second kappa shape index (κ2) is 7.34. The van der Waals surface area contributed by atoms with Crippen molar-refractivity contribution in [3.8, 4) is 0 Å². The zero-order valence-electron chi connectivity index (χ0n) is 12.2. The van der Waals surface area contributed by atoms with E-state index in [-0.39, 0.29) is 24.4 Å². The lowest BCUT2D eigenvalue weighted by Crippen LogP contribution is -2.50. The number of halogens is 1. The minimum absolute atomic E-state index is 0. The number of likely N-dealkylation sites (tertiary alicyclic amines) is 1. The van der Waals surface area contributed by atoms with Crippen molar-refractivity contribution in [3.63, 3.8) is 0 Å². The molecule has 0 bridgehead atoms. The molecule has 4 heteroatoms. The predicted molar refractivity (Wildman–Crippen MR) is 78.9 cm³/mol. The molecule has 1 amide bonds. The zero-order chi connectivity index (χ0) is 13.1. The van der Waals surface area contributed by atoms with Crippen LogP contribution in [0.15, 0.2) is 0 Å². The van der Waals surface area contributed by atoms with Gasteiger partial charge in [-0.2, -0.15) is 0 Å². The van der Waals surface area contributed by atoms with Gasteiger partial charge < -0.3 is 10.6 Å². The average Bonchev–Trinajstić information content (AvgIpc) is 2.27. The molecular weight excluding hydrogens is 248 g/mol. The Morgan fingerprint density at radius 3 is 2.56 bits per heavy atom. The number of hydrogen-bond donors (Lipinski definition) is 1. The summed E-state index contributed by atoms with van der Waals surface area (Å²) in [6, 6.07) is -0.311. The molecule has 1 fully saturated rings. The smallest absolute Gasteiger partial charge is 0.239 e. The third kappa shape index (κ3) is 4.77. The molecule has 1 aliphatic rings. The van der Waals surface area contributed by atoms with Crippen LogP contribution in [0.25, 0.3) is 0 Å². The van der Waals surface area contributed by atoms with Gasteiger partial charge in [-0.3, -0.25) is 4.79 Å². The molecule has 0 aromatic carbocycles. The number of nitrogens with zero attached hydrogens (tertiary/aromatic N) is 1. The summed E-state index contributed by atoms with van der Waals surface area (Å²) in [4.78, 5) is 14.2. The Hall–Kier alpha value is -0.280. The highest BCUT2D eigenvalue weighted by Crippen LogP contribution is 2.32. The molecule has 108 valence electrons. The predicted octanol–water partition coefficient (Wildman–Crippen LogP) is 2.82. The van der Waals surface area contributed by atoms with Gasteiger partial charge >= 0.3 is 0 Å². The molecule has 0 spiro atoms. The minimum Gasteiger partial charge on any atom is -0.341 e. The summed E-state index contributed by atoms with van der Waals surface area (Å²) in [6.07, 6.45) is 4.27. The van der Waals surface area contributed by atoms with Crippen molar-refractivity contribution in [2.24, 2.45) is 17.1 Å². The summed E-state index contributed by atoms with van der Waals surface area (Å²) in [5.74, 6) is 0.634. The van der Waals surface area contributed by atoms with E-state index in [1.165, 1.54) is 6.42 Å². The van der Waals surface area contributed by atoms with Crippen LogP contribution in [-0.4, -0.2) is 29.9 Å². The van der Waals surface area contributed by atoms with Crippen LogP contribution >= 0.6 is 12.4 Å². The maximum Gasteiger partial charge on any atom is 0.239 e. The summed E-state index contributed by atoms with van der Waals surface area (Å²) in [7, 11) is 0. The van der Waals surface area contributed by atoms with E-state index in [1.54, 1.807) is 0 Å². The lowest BCUT2D eigenvalue weighted by Gasteiger charge is -2.41. The number of nitrogens with two attached hydrogens (primary N) is 1. The molecule has 1 saturated heterocycles. The summed E-state index contributed by atoms with van der Waals surface area (Å²) >= 11 is 0. The number of piperidine rings is 1. The van der Waals surface area contributed by atoms with Crippen molar-refractivity contribution in [1.29, 1.82) is 0 Å². The van der Waals surface area contributed by atoms with E-state index in [0.717, 1.165) is 32.4 Å². The molecule has 0 aromatic rings. The maximum absolute atomic E-state index is 12.2. The van der Waals surface area contributed by atoms with Crippen molar-refractivity contribution in [2.75, 3.05) is 13.1 Å². The van der Waals surface area contributed by atoms with Crippen LogP contribution in [0.5, 0.6) is 0 Å². The molecule has 18 heavy (non-hydrogen) atoms. The monoisotopic (exact) mass is 276 g/mol. The van der Waals surface area contributed by atoms with E-state index < -0.39 is 0 Å². The van der Waals surface area contributed by atoms with Crippen molar-refractivity contribution < 1.29 is 4.79 Å². The summed E-state index contributed by atoms with van der Waals surface area (Å²) < 4.78 is 0. The highest BCUT2D eigenvalue weighted by molar-refractivity contribution is 5.85. The number of carbonyl (C=O) groups excluding carboxylic acids is 1. The average molecular weight is 277 g/mol. The maximum atomic E-state index is 12.2. The molecule has 0 aromatic heterocycles. The van der Waals surface area contributed by atoms with Crippen molar-refractivity contribution in [2.45, 2.75) is 59.4 Å². The SMILES string of the molecule is CCC1(C)CCCN(C(=O)[C@@H](N)CC(C)C)C1.Cl. The summed E-state index contributed by atoms with van der Waals surface area (Å²) in [5, 5.41) is 0. The Balaban J connectivity index is 0.00000289. The Labute approximate surface area is 118 Å². The molecule has 0 aliphatic carbocycles. The van der Waals surface area contributed by atoms with Gasteiger partial charge in [0, 0.05) is 13.1 Å². The fraction of sp³-hybridized carbons (Fsp3) is 0.929. The molecule has 1 aliphatic heterocycles. The van der Waals surface area contributed by atoms with Gasteiger partial charge in [-0.05, 0) is 37.0 Å². The fourth-order valence-corrected chi connectivity index (χ4v) is 2.64. The molecule has 1 rings (SSSR count). The van der Waals surface area contributed by atoms with Crippen LogP contribution < -0.4 is 5.73 Å². The van der Waals surface area contributed by atoms with Crippen molar-refractivity contribution in [3.05, 3.63) is 0 Å². The van der Waals surface area contributed by atoms with Gasteiger partial charge in [0.1, 0.15) is 0 Å². The van der Waals surface area contributed by atoms with Crippen molar-refractivity contribution >= 4 is 18.3 Å². The summed E-state index contributed by atoms with van der Waals surface area (Å²) in [5.41, 5.74) is 6.28. The number of rotatable bonds is 4. The molecule has 3 nitrogen and oxygen atoms in total. The number of amides is 1.